The minimum absolute atomic E-state index is 0.217. The normalized spacial score (nSPS) is 14.0. The van der Waals surface area contributed by atoms with Crippen LogP contribution in [0.1, 0.15) is 16.1 Å². The van der Waals surface area contributed by atoms with Gasteiger partial charge in [-0.25, -0.2) is 4.39 Å². The Balaban J connectivity index is 1.42. The molecular formula is C23H23FN4O. The van der Waals surface area contributed by atoms with Gasteiger partial charge in [-0.2, -0.15) is 0 Å². The van der Waals surface area contributed by atoms with Gasteiger partial charge in [-0.15, -0.1) is 0 Å². The standard InChI is InChI=1S/C23H23FN4O/c1-17-4-2-3-5-21(17)26-23(29)22-16-20(10-11-25-22)28-14-12-27(13-15-28)19-8-6-18(24)7-9-19/h2-11,16H,12-15H2,1H3,(H,26,29). The molecule has 5 nitrogen and oxygen atoms in total. The third-order valence-electron chi connectivity index (χ3n) is 5.21. The lowest BCUT2D eigenvalue weighted by atomic mass is 10.2. The quantitative estimate of drug-likeness (QED) is 0.728. The Morgan fingerprint density at radius 1 is 0.931 bits per heavy atom. The van der Waals surface area contributed by atoms with Gasteiger partial charge in [0.1, 0.15) is 11.5 Å². The Bertz CT molecular complexity index is 998. The fraction of sp³-hybridized carbons (Fsp3) is 0.217. The molecule has 0 atom stereocenters. The molecule has 2 aromatic carbocycles. The first kappa shape index (κ1) is 18.9. The van der Waals surface area contributed by atoms with Crippen molar-refractivity contribution in [3.63, 3.8) is 0 Å². The average molecular weight is 390 g/mol. The molecule has 29 heavy (non-hydrogen) atoms. The van der Waals surface area contributed by atoms with E-state index >= 15 is 0 Å². The number of piperazine rings is 1. The predicted molar refractivity (Wildman–Crippen MR) is 114 cm³/mol. The van der Waals surface area contributed by atoms with Crippen LogP contribution >= 0.6 is 0 Å². The molecule has 0 spiro atoms. The maximum absolute atomic E-state index is 13.1. The summed E-state index contributed by atoms with van der Waals surface area (Å²) in [5.41, 5.74) is 4.20. The molecule has 0 bridgehead atoms. The number of nitrogens with one attached hydrogen (secondary N) is 1. The van der Waals surface area contributed by atoms with Crippen molar-refractivity contribution in [3.05, 3.63) is 83.9 Å². The van der Waals surface area contributed by atoms with Crippen LogP contribution in [0.15, 0.2) is 66.9 Å². The molecule has 1 fully saturated rings. The first-order valence-corrected chi connectivity index (χ1v) is 9.69. The highest BCUT2D eigenvalue weighted by molar-refractivity contribution is 6.03. The van der Waals surface area contributed by atoms with Crippen molar-refractivity contribution in [1.29, 1.82) is 0 Å². The lowest BCUT2D eigenvalue weighted by Gasteiger charge is -2.37. The van der Waals surface area contributed by atoms with E-state index in [2.05, 4.69) is 20.1 Å². The molecule has 0 radical (unpaired) electrons. The largest absolute Gasteiger partial charge is 0.368 e. The highest BCUT2D eigenvalue weighted by Crippen LogP contribution is 2.22. The number of hydrogen-bond acceptors (Lipinski definition) is 4. The van der Waals surface area contributed by atoms with Crippen LogP contribution in [0, 0.1) is 12.7 Å². The minimum atomic E-state index is -0.222. The van der Waals surface area contributed by atoms with E-state index in [1.165, 1.54) is 12.1 Å². The van der Waals surface area contributed by atoms with E-state index in [0.717, 1.165) is 48.8 Å². The Kier molecular flexibility index (Phi) is 5.42. The summed E-state index contributed by atoms with van der Waals surface area (Å²) >= 11 is 0. The van der Waals surface area contributed by atoms with Crippen molar-refractivity contribution in [3.8, 4) is 0 Å². The van der Waals surface area contributed by atoms with Crippen LogP contribution in [0.4, 0.5) is 21.5 Å². The number of halogens is 1. The van der Waals surface area contributed by atoms with Crippen LogP contribution in [-0.4, -0.2) is 37.1 Å². The average Bonchev–Trinajstić information content (AvgIpc) is 2.76. The van der Waals surface area contributed by atoms with Crippen molar-refractivity contribution in [2.75, 3.05) is 41.3 Å². The third-order valence-corrected chi connectivity index (χ3v) is 5.21. The summed E-state index contributed by atoms with van der Waals surface area (Å²) in [6, 6.07) is 18.0. The zero-order valence-corrected chi connectivity index (χ0v) is 16.3. The molecule has 0 saturated carbocycles. The molecule has 0 aliphatic carbocycles. The first-order chi connectivity index (χ1) is 14.1. The van der Waals surface area contributed by atoms with E-state index in [1.807, 2.05) is 55.5 Å². The molecule has 4 rings (SSSR count). The molecule has 3 aromatic rings. The smallest absolute Gasteiger partial charge is 0.274 e. The van der Waals surface area contributed by atoms with Crippen molar-refractivity contribution < 1.29 is 9.18 Å². The van der Waals surface area contributed by atoms with Crippen molar-refractivity contribution in [2.45, 2.75) is 6.92 Å². The summed E-state index contributed by atoms with van der Waals surface area (Å²) in [6.45, 7) is 5.26. The Labute approximate surface area is 169 Å². The van der Waals surface area contributed by atoms with Gasteiger partial charge < -0.3 is 15.1 Å². The van der Waals surface area contributed by atoms with Crippen LogP contribution in [0.2, 0.25) is 0 Å². The summed E-state index contributed by atoms with van der Waals surface area (Å²) in [5, 5.41) is 2.93. The number of rotatable bonds is 4. The second kappa shape index (κ2) is 8.31. The van der Waals surface area contributed by atoms with Crippen molar-refractivity contribution in [1.82, 2.24) is 4.98 Å². The fourth-order valence-corrected chi connectivity index (χ4v) is 3.51. The minimum Gasteiger partial charge on any atom is -0.368 e. The van der Waals surface area contributed by atoms with Gasteiger partial charge in [-0.1, -0.05) is 18.2 Å². The molecule has 1 aromatic heterocycles. The SMILES string of the molecule is Cc1ccccc1NC(=O)c1cc(N2CCN(c3ccc(F)cc3)CC2)ccn1. The summed E-state index contributed by atoms with van der Waals surface area (Å²) in [5.74, 6) is -0.438. The van der Waals surface area contributed by atoms with Crippen LogP contribution in [0.3, 0.4) is 0 Å². The monoisotopic (exact) mass is 390 g/mol. The van der Waals surface area contributed by atoms with Crippen LogP contribution in [0.5, 0.6) is 0 Å². The zero-order valence-electron chi connectivity index (χ0n) is 16.3. The Morgan fingerprint density at radius 3 is 2.28 bits per heavy atom. The van der Waals surface area contributed by atoms with Crippen LogP contribution in [-0.2, 0) is 0 Å². The molecule has 1 aliphatic heterocycles. The van der Waals surface area contributed by atoms with Gasteiger partial charge in [0, 0.05) is 49.4 Å². The molecular weight excluding hydrogens is 367 g/mol. The number of benzene rings is 2. The van der Waals surface area contributed by atoms with Gasteiger partial charge in [0.05, 0.1) is 0 Å². The summed E-state index contributed by atoms with van der Waals surface area (Å²) in [4.78, 5) is 21.4. The fourth-order valence-electron chi connectivity index (χ4n) is 3.51. The number of aryl methyl sites for hydroxylation is 1. The molecule has 1 aliphatic rings. The third kappa shape index (κ3) is 4.37. The summed E-state index contributed by atoms with van der Waals surface area (Å²) < 4.78 is 13.1. The predicted octanol–water partition coefficient (Wildman–Crippen LogP) is 4.11. The highest BCUT2D eigenvalue weighted by atomic mass is 19.1. The highest BCUT2D eigenvalue weighted by Gasteiger charge is 2.19. The molecule has 1 amide bonds. The van der Waals surface area contributed by atoms with Gasteiger partial charge in [-0.05, 0) is 55.0 Å². The molecule has 1 saturated heterocycles. The van der Waals surface area contributed by atoms with Crippen LogP contribution < -0.4 is 15.1 Å². The van der Waals surface area contributed by atoms with Gasteiger partial charge in [0.25, 0.3) is 5.91 Å². The number of pyridine rings is 1. The lowest BCUT2D eigenvalue weighted by Crippen LogP contribution is -2.46. The number of carbonyl (C=O) groups excluding carboxylic acids is 1. The van der Waals surface area contributed by atoms with E-state index in [1.54, 1.807) is 6.20 Å². The van der Waals surface area contributed by atoms with Crippen molar-refractivity contribution >= 4 is 23.0 Å². The summed E-state index contributed by atoms with van der Waals surface area (Å²) in [7, 11) is 0. The molecule has 1 N–H and O–H groups in total. The van der Waals surface area contributed by atoms with E-state index in [4.69, 9.17) is 0 Å². The van der Waals surface area contributed by atoms with Gasteiger partial charge >= 0.3 is 0 Å². The number of para-hydroxylation sites is 1. The molecule has 0 unspecified atom stereocenters. The van der Waals surface area contributed by atoms with E-state index in [0.29, 0.717) is 5.69 Å². The van der Waals surface area contributed by atoms with E-state index < -0.39 is 0 Å². The number of carbonyl (C=O) groups is 1. The zero-order chi connectivity index (χ0) is 20.2. The number of amides is 1. The molecule has 2 heterocycles. The Hall–Kier alpha value is -3.41. The number of hydrogen-bond donors (Lipinski definition) is 1. The molecule has 148 valence electrons. The molecule has 6 heteroatoms. The number of aromatic nitrogens is 1. The number of anilines is 3. The summed E-state index contributed by atoms with van der Waals surface area (Å²) in [6.07, 6.45) is 1.68. The second-order valence-electron chi connectivity index (χ2n) is 7.12. The van der Waals surface area contributed by atoms with Gasteiger partial charge in [0.15, 0.2) is 0 Å². The van der Waals surface area contributed by atoms with Gasteiger partial charge in [0.2, 0.25) is 0 Å². The first-order valence-electron chi connectivity index (χ1n) is 9.69. The number of nitrogens with zero attached hydrogens (tertiary/aromatic N) is 3. The topological polar surface area (TPSA) is 48.5 Å². The second-order valence-corrected chi connectivity index (χ2v) is 7.12. The van der Waals surface area contributed by atoms with Crippen molar-refractivity contribution in [2.24, 2.45) is 0 Å². The Morgan fingerprint density at radius 2 is 1.59 bits per heavy atom. The van der Waals surface area contributed by atoms with Crippen LogP contribution in [0.25, 0.3) is 0 Å². The van der Waals surface area contributed by atoms with Gasteiger partial charge in [-0.3, -0.25) is 9.78 Å². The lowest BCUT2D eigenvalue weighted by molar-refractivity contribution is 0.102. The van der Waals surface area contributed by atoms with E-state index in [9.17, 15) is 9.18 Å². The maximum Gasteiger partial charge on any atom is 0.274 e. The maximum atomic E-state index is 13.1. The van der Waals surface area contributed by atoms with E-state index in [-0.39, 0.29) is 11.7 Å².